The van der Waals surface area contributed by atoms with Crippen molar-refractivity contribution in [3.63, 3.8) is 0 Å². The molecule has 3 heteroatoms. The monoisotopic (exact) mass is 356 g/mol. The molecule has 0 radical (unpaired) electrons. The van der Waals surface area contributed by atoms with Crippen molar-refractivity contribution in [1.29, 1.82) is 0 Å². The average Bonchev–Trinajstić information content (AvgIpc) is 2.76. The van der Waals surface area contributed by atoms with E-state index in [1.54, 1.807) is 0 Å². The normalized spacial score (nSPS) is 24.0. The van der Waals surface area contributed by atoms with Crippen molar-refractivity contribution in [1.82, 2.24) is 5.32 Å². The molecular formula is C24H24N2O. The Labute approximate surface area is 160 Å². The van der Waals surface area contributed by atoms with Crippen LogP contribution in [-0.4, -0.2) is 10.9 Å². The van der Waals surface area contributed by atoms with Gasteiger partial charge in [0.2, 0.25) is 0 Å². The van der Waals surface area contributed by atoms with Crippen molar-refractivity contribution >= 4 is 5.71 Å². The van der Waals surface area contributed by atoms with Crippen LogP contribution in [0.3, 0.4) is 0 Å². The van der Waals surface area contributed by atoms with E-state index in [9.17, 15) is 5.21 Å². The largest absolute Gasteiger partial charge is 0.411 e. The highest BCUT2D eigenvalue weighted by Crippen LogP contribution is 2.37. The zero-order chi connectivity index (χ0) is 18.5. The summed E-state index contributed by atoms with van der Waals surface area (Å²) in [5, 5.41) is 17.4. The number of nitrogens with one attached hydrogen (secondary N) is 1. The molecule has 0 unspecified atom stereocenters. The summed E-state index contributed by atoms with van der Waals surface area (Å²) in [6, 6.07) is 31.5. The fraction of sp³-hybridized carbons (Fsp3) is 0.208. The lowest BCUT2D eigenvalue weighted by Crippen LogP contribution is -2.43. The zero-order valence-electron chi connectivity index (χ0n) is 15.2. The molecule has 1 saturated heterocycles. The summed E-state index contributed by atoms with van der Waals surface area (Å²) in [6.07, 6.45) is 1.55. The average molecular weight is 356 g/mol. The Hall–Kier alpha value is -2.91. The first-order valence-corrected chi connectivity index (χ1v) is 9.46. The van der Waals surface area contributed by atoms with Crippen molar-refractivity contribution in [3.05, 3.63) is 108 Å². The molecule has 1 heterocycles. The van der Waals surface area contributed by atoms with Crippen LogP contribution in [0.15, 0.2) is 96.2 Å². The van der Waals surface area contributed by atoms with Crippen molar-refractivity contribution in [2.45, 2.75) is 24.9 Å². The Kier molecular flexibility index (Phi) is 5.31. The number of rotatable bonds is 4. The fourth-order valence-corrected chi connectivity index (χ4v) is 4.05. The second kappa shape index (κ2) is 8.19. The van der Waals surface area contributed by atoms with Crippen molar-refractivity contribution in [2.75, 3.05) is 0 Å². The molecule has 0 spiro atoms. The van der Waals surface area contributed by atoms with Gasteiger partial charge < -0.3 is 10.5 Å². The van der Waals surface area contributed by atoms with Gasteiger partial charge in [-0.05, 0) is 23.1 Å². The number of hydrogen-bond donors (Lipinski definition) is 2. The van der Waals surface area contributed by atoms with E-state index in [1.807, 2.05) is 18.2 Å². The Balaban J connectivity index is 1.70. The van der Waals surface area contributed by atoms with Gasteiger partial charge in [-0.15, -0.1) is 0 Å². The van der Waals surface area contributed by atoms with Crippen LogP contribution in [0.25, 0.3) is 0 Å². The quantitative estimate of drug-likeness (QED) is 0.501. The predicted octanol–water partition coefficient (Wildman–Crippen LogP) is 5.15. The molecule has 3 atom stereocenters. The number of hydrogen-bond acceptors (Lipinski definition) is 3. The Morgan fingerprint density at radius 1 is 0.778 bits per heavy atom. The summed E-state index contributed by atoms with van der Waals surface area (Å²) in [6.45, 7) is 0. The van der Waals surface area contributed by atoms with Gasteiger partial charge in [0, 0.05) is 24.4 Å². The molecule has 0 aliphatic carbocycles. The Morgan fingerprint density at radius 2 is 1.33 bits per heavy atom. The minimum Gasteiger partial charge on any atom is -0.411 e. The van der Waals surface area contributed by atoms with Gasteiger partial charge in [-0.3, -0.25) is 0 Å². The molecule has 1 fully saturated rings. The van der Waals surface area contributed by atoms with Gasteiger partial charge in [-0.25, -0.2) is 0 Å². The second-order valence-electron chi connectivity index (χ2n) is 7.11. The molecule has 0 bridgehead atoms. The van der Waals surface area contributed by atoms with Gasteiger partial charge in [0.05, 0.1) is 5.71 Å². The predicted molar refractivity (Wildman–Crippen MR) is 109 cm³/mol. The van der Waals surface area contributed by atoms with E-state index < -0.39 is 0 Å². The maximum Gasteiger partial charge on any atom is 0.0642 e. The van der Waals surface area contributed by atoms with Crippen LogP contribution in [0.1, 0.15) is 35.2 Å². The number of piperidine rings is 1. The fourth-order valence-electron chi connectivity index (χ4n) is 4.05. The Morgan fingerprint density at radius 3 is 1.93 bits per heavy atom. The van der Waals surface area contributed by atoms with Crippen LogP contribution in [-0.2, 0) is 6.42 Å². The molecular weight excluding hydrogens is 332 g/mol. The minimum absolute atomic E-state index is 0.0938. The zero-order valence-corrected chi connectivity index (χ0v) is 15.2. The first-order valence-electron chi connectivity index (χ1n) is 9.46. The summed E-state index contributed by atoms with van der Waals surface area (Å²) >= 11 is 0. The summed E-state index contributed by atoms with van der Waals surface area (Å²) in [5.74, 6) is 0.111. The lowest BCUT2D eigenvalue weighted by atomic mass is 9.77. The van der Waals surface area contributed by atoms with Crippen LogP contribution in [0.5, 0.6) is 0 Å². The summed E-state index contributed by atoms with van der Waals surface area (Å²) < 4.78 is 0. The number of benzene rings is 3. The van der Waals surface area contributed by atoms with Crippen molar-refractivity contribution in [3.8, 4) is 0 Å². The van der Waals surface area contributed by atoms with Crippen LogP contribution in [0, 0.1) is 5.92 Å². The third-order valence-corrected chi connectivity index (χ3v) is 5.41. The topological polar surface area (TPSA) is 44.6 Å². The van der Waals surface area contributed by atoms with E-state index in [0.717, 1.165) is 12.1 Å². The van der Waals surface area contributed by atoms with Crippen LogP contribution in [0.2, 0.25) is 0 Å². The van der Waals surface area contributed by atoms with E-state index >= 15 is 0 Å². The lowest BCUT2D eigenvalue weighted by Gasteiger charge is -2.39. The molecule has 136 valence electrons. The number of oxime groups is 1. The van der Waals surface area contributed by atoms with Crippen molar-refractivity contribution in [2.24, 2.45) is 11.1 Å². The van der Waals surface area contributed by atoms with Gasteiger partial charge in [-0.2, -0.15) is 0 Å². The first kappa shape index (κ1) is 17.5. The smallest absolute Gasteiger partial charge is 0.0642 e. The maximum atomic E-state index is 9.83. The van der Waals surface area contributed by atoms with Gasteiger partial charge in [0.15, 0.2) is 0 Å². The molecule has 0 amide bonds. The van der Waals surface area contributed by atoms with Gasteiger partial charge in [-0.1, -0.05) is 96.2 Å². The summed E-state index contributed by atoms with van der Waals surface area (Å²) in [7, 11) is 0. The molecule has 3 nitrogen and oxygen atoms in total. The summed E-state index contributed by atoms with van der Waals surface area (Å²) in [4.78, 5) is 0. The molecule has 1 aliphatic rings. The first-order chi connectivity index (χ1) is 13.3. The van der Waals surface area contributed by atoms with Crippen LogP contribution >= 0.6 is 0 Å². The highest BCUT2D eigenvalue weighted by molar-refractivity contribution is 5.89. The van der Waals surface area contributed by atoms with E-state index in [4.69, 9.17) is 0 Å². The Bertz CT molecular complexity index is 878. The van der Waals surface area contributed by atoms with Crippen LogP contribution in [0.4, 0.5) is 0 Å². The molecule has 3 aromatic carbocycles. The molecule has 0 saturated carbocycles. The molecule has 1 aliphatic heterocycles. The third kappa shape index (κ3) is 3.93. The maximum absolute atomic E-state index is 9.83. The molecule has 4 rings (SSSR count). The standard InChI is InChI=1S/C24H24N2O/c27-26-23-17-22(19-12-6-2-7-13-19)25-24(20-14-8-3-9-15-20)21(23)16-18-10-4-1-5-11-18/h1-15,21-22,24-25,27H,16-17H2/b26-23-/t21-,22-,24+/m1/s1. The van der Waals surface area contributed by atoms with E-state index in [1.165, 1.54) is 16.7 Å². The van der Waals surface area contributed by atoms with E-state index in [-0.39, 0.29) is 18.0 Å². The van der Waals surface area contributed by atoms with E-state index in [0.29, 0.717) is 6.42 Å². The van der Waals surface area contributed by atoms with Gasteiger partial charge in [0.1, 0.15) is 0 Å². The molecule has 27 heavy (non-hydrogen) atoms. The highest BCUT2D eigenvalue weighted by atomic mass is 16.4. The van der Waals surface area contributed by atoms with Gasteiger partial charge >= 0.3 is 0 Å². The van der Waals surface area contributed by atoms with Gasteiger partial charge in [0.25, 0.3) is 0 Å². The van der Waals surface area contributed by atoms with E-state index in [2.05, 4.69) is 83.3 Å². The minimum atomic E-state index is 0.0938. The molecule has 0 aromatic heterocycles. The summed E-state index contributed by atoms with van der Waals surface area (Å²) in [5.41, 5.74) is 4.56. The molecule has 3 aromatic rings. The lowest BCUT2D eigenvalue weighted by molar-refractivity contribution is 0.288. The van der Waals surface area contributed by atoms with Crippen LogP contribution < -0.4 is 5.32 Å². The molecule has 2 N–H and O–H groups in total. The SMILES string of the molecule is O/N=C1/C[C@H](c2ccccc2)N[C@@H](c2ccccc2)[C@@H]1Cc1ccccc1. The van der Waals surface area contributed by atoms with Crippen molar-refractivity contribution < 1.29 is 5.21 Å². The second-order valence-corrected chi connectivity index (χ2v) is 7.11. The number of nitrogens with zero attached hydrogens (tertiary/aromatic N) is 1. The highest BCUT2D eigenvalue weighted by Gasteiger charge is 2.36. The third-order valence-electron chi connectivity index (χ3n) is 5.41.